The van der Waals surface area contributed by atoms with Crippen molar-refractivity contribution in [2.45, 2.75) is 52.0 Å². The van der Waals surface area contributed by atoms with Crippen molar-refractivity contribution in [2.24, 2.45) is 0 Å². The van der Waals surface area contributed by atoms with Crippen LogP contribution >= 0.6 is 11.3 Å². The van der Waals surface area contributed by atoms with Crippen LogP contribution in [0.4, 0.5) is 0 Å². The molecule has 0 aliphatic heterocycles. The molecule has 1 nitrogen and oxygen atoms in total. The van der Waals surface area contributed by atoms with Gasteiger partial charge < -0.3 is 5.32 Å². The Morgan fingerprint density at radius 1 is 1.35 bits per heavy atom. The van der Waals surface area contributed by atoms with Crippen LogP contribution in [-0.4, -0.2) is 6.54 Å². The van der Waals surface area contributed by atoms with E-state index < -0.39 is 0 Å². The number of aryl methyl sites for hydroxylation is 1. The van der Waals surface area contributed by atoms with Gasteiger partial charge in [-0.2, -0.15) is 11.3 Å². The van der Waals surface area contributed by atoms with Crippen LogP contribution in [-0.2, 0) is 0 Å². The topological polar surface area (TPSA) is 12.0 Å². The molecular weight excluding hydrogens is 226 g/mol. The van der Waals surface area contributed by atoms with Gasteiger partial charge in [0.15, 0.2) is 0 Å². The summed E-state index contributed by atoms with van der Waals surface area (Å²) >= 11 is 1.82. The summed E-state index contributed by atoms with van der Waals surface area (Å²) in [6.45, 7) is 5.58. The third kappa shape index (κ3) is 3.20. The van der Waals surface area contributed by atoms with Crippen molar-refractivity contribution < 1.29 is 0 Å². The maximum atomic E-state index is 3.72. The Balaban J connectivity index is 2.18. The second-order valence-electron chi connectivity index (χ2n) is 4.92. The van der Waals surface area contributed by atoms with Crippen molar-refractivity contribution in [1.29, 1.82) is 0 Å². The van der Waals surface area contributed by atoms with Crippen molar-refractivity contribution in [1.82, 2.24) is 5.32 Å². The van der Waals surface area contributed by atoms with Crippen LogP contribution in [0.3, 0.4) is 0 Å². The van der Waals surface area contributed by atoms with Gasteiger partial charge in [0.05, 0.1) is 6.04 Å². The molecular formula is C15H23NS. The molecule has 0 aromatic carbocycles. The summed E-state index contributed by atoms with van der Waals surface area (Å²) in [4.78, 5) is 0. The van der Waals surface area contributed by atoms with E-state index in [-0.39, 0.29) is 0 Å². The molecule has 2 heteroatoms. The highest BCUT2D eigenvalue weighted by Gasteiger charge is 2.19. The van der Waals surface area contributed by atoms with Crippen LogP contribution < -0.4 is 5.32 Å². The van der Waals surface area contributed by atoms with Crippen molar-refractivity contribution >= 4 is 11.3 Å². The molecule has 1 aromatic heterocycles. The molecule has 1 aromatic rings. The van der Waals surface area contributed by atoms with Gasteiger partial charge in [-0.25, -0.2) is 0 Å². The molecule has 1 heterocycles. The van der Waals surface area contributed by atoms with E-state index in [1.807, 2.05) is 11.3 Å². The van der Waals surface area contributed by atoms with Crippen LogP contribution in [0.1, 0.15) is 56.2 Å². The van der Waals surface area contributed by atoms with Crippen molar-refractivity contribution in [3.63, 3.8) is 0 Å². The second kappa shape index (κ2) is 6.36. The van der Waals surface area contributed by atoms with E-state index in [1.165, 1.54) is 43.2 Å². The van der Waals surface area contributed by atoms with E-state index >= 15 is 0 Å². The minimum atomic E-state index is 0.474. The Bertz CT molecular complexity index is 378. The first-order chi connectivity index (χ1) is 8.33. The Labute approximate surface area is 109 Å². The number of nitrogens with one attached hydrogen (secondary N) is 1. The lowest BCUT2D eigenvalue weighted by Gasteiger charge is -2.24. The van der Waals surface area contributed by atoms with Gasteiger partial charge in [0, 0.05) is 0 Å². The molecule has 1 aliphatic rings. The fourth-order valence-corrected chi connectivity index (χ4v) is 3.40. The number of rotatable bonds is 5. The van der Waals surface area contributed by atoms with Crippen molar-refractivity contribution in [3.05, 3.63) is 33.5 Å². The van der Waals surface area contributed by atoms with Crippen LogP contribution in [0.15, 0.2) is 22.4 Å². The normalized spacial score (nSPS) is 17.9. The lowest BCUT2D eigenvalue weighted by Crippen LogP contribution is -2.24. The molecule has 0 bridgehead atoms. The molecule has 1 N–H and O–H groups in total. The van der Waals surface area contributed by atoms with Crippen LogP contribution in [0.25, 0.3) is 0 Å². The smallest absolute Gasteiger partial charge is 0.0546 e. The Kier molecular flexibility index (Phi) is 4.81. The minimum absolute atomic E-state index is 0.474. The van der Waals surface area contributed by atoms with E-state index in [2.05, 4.69) is 36.0 Å². The summed E-state index contributed by atoms with van der Waals surface area (Å²) in [6, 6.07) is 0.474. The first kappa shape index (κ1) is 12.8. The third-order valence-corrected chi connectivity index (χ3v) is 4.38. The van der Waals surface area contributed by atoms with E-state index in [4.69, 9.17) is 0 Å². The van der Waals surface area contributed by atoms with Crippen LogP contribution in [0, 0.1) is 6.92 Å². The third-order valence-electron chi connectivity index (χ3n) is 3.50. The summed E-state index contributed by atoms with van der Waals surface area (Å²) in [5, 5.41) is 8.30. The fraction of sp³-hybridized carbons (Fsp3) is 0.600. The summed E-state index contributed by atoms with van der Waals surface area (Å²) in [5.41, 5.74) is 4.55. The Morgan fingerprint density at radius 3 is 2.82 bits per heavy atom. The van der Waals surface area contributed by atoms with E-state index in [1.54, 1.807) is 5.57 Å². The molecule has 0 spiro atoms. The minimum Gasteiger partial charge on any atom is -0.307 e. The van der Waals surface area contributed by atoms with E-state index in [9.17, 15) is 0 Å². The average molecular weight is 249 g/mol. The molecule has 0 saturated carbocycles. The van der Waals surface area contributed by atoms with Crippen molar-refractivity contribution in [2.75, 3.05) is 6.54 Å². The molecule has 0 radical (unpaired) electrons. The van der Waals surface area contributed by atoms with E-state index in [0.717, 1.165) is 6.54 Å². The largest absolute Gasteiger partial charge is 0.307 e. The Hall–Kier alpha value is -0.600. The highest BCUT2D eigenvalue weighted by Crippen LogP contribution is 2.32. The zero-order chi connectivity index (χ0) is 12.1. The number of hydrogen-bond donors (Lipinski definition) is 1. The molecule has 94 valence electrons. The molecule has 0 saturated heterocycles. The fourth-order valence-electron chi connectivity index (χ4n) is 2.52. The number of allylic oxidation sites excluding steroid dienone is 1. The van der Waals surface area contributed by atoms with Crippen molar-refractivity contribution in [3.8, 4) is 0 Å². The summed E-state index contributed by atoms with van der Waals surface area (Å²) < 4.78 is 0. The van der Waals surface area contributed by atoms with Gasteiger partial charge in [0.2, 0.25) is 0 Å². The number of hydrogen-bond acceptors (Lipinski definition) is 2. The van der Waals surface area contributed by atoms with Crippen LogP contribution in [0.5, 0.6) is 0 Å². The van der Waals surface area contributed by atoms with Gasteiger partial charge in [-0.15, -0.1) is 0 Å². The Morgan fingerprint density at radius 2 is 2.24 bits per heavy atom. The predicted octanol–water partition coefficient (Wildman–Crippen LogP) is 4.60. The van der Waals surface area contributed by atoms with Gasteiger partial charge in [-0.05, 0) is 67.5 Å². The molecule has 0 fully saturated rings. The van der Waals surface area contributed by atoms with Crippen LogP contribution in [0.2, 0.25) is 0 Å². The lowest BCUT2D eigenvalue weighted by molar-refractivity contribution is 0.546. The summed E-state index contributed by atoms with van der Waals surface area (Å²) in [6.07, 6.45) is 8.94. The average Bonchev–Trinajstić information content (AvgIpc) is 2.78. The van der Waals surface area contributed by atoms with Gasteiger partial charge in [-0.1, -0.05) is 18.6 Å². The first-order valence-electron chi connectivity index (χ1n) is 6.78. The monoisotopic (exact) mass is 249 g/mol. The lowest BCUT2D eigenvalue weighted by atomic mass is 9.89. The molecule has 0 amide bonds. The maximum Gasteiger partial charge on any atom is 0.0546 e. The van der Waals surface area contributed by atoms with Gasteiger partial charge >= 0.3 is 0 Å². The zero-order valence-corrected chi connectivity index (χ0v) is 11.8. The molecule has 1 unspecified atom stereocenters. The first-order valence-corrected chi connectivity index (χ1v) is 7.72. The summed E-state index contributed by atoms with van der Waals surface area (Å²) in [7, 11) is 0. The maximum absolute atomic E-state index is 3.72. The summed E-state index contributed by atoms with van der Waals surface area (Å²) in [5.74, 6) is 0. The highest BCUT2D eigenvalue weighted by molar-refractivity contribution is 7.08. The molecule has 1 aliphatic carbocycles. The second-order valence-corrected chi connectivity index (χ2v) is 5.67. The molecule has 2 rings (SSSR count). The quantitative estimate of drug-likeness (QED) is 0.752. The standard InChI is InChI=1S/C15H23NS/c1-3-9-16-15(13-7-5-4-6-8-13)14-11-17-10-12(14)2/h7,10-11,15-16H,3-6,8-9H2,1-2H3. The SMILES string of the molecule is CCCNC(C1=CCCCC1)c1cscc1C. The van der Waals surface area contributed by atoms with Gasteiger partial charge in [-0.3, -0.25) is 0 Å². The van der Waals surface area contributed by atoms with Gasteiger partial charge in [0.1, 0.15) is 0 Å². The predicted molar refractivity (Wildman–Crippen MR) is 76.6 cm³/mol. The number of thiophene rings is 1. The van der Waals surface area contributed by atoms with Gasteiger partial charge in [0.25, 0.3) is 0 Å². The molecule has 17 heavy (non-hydrogen) atoms. The molecule has 1 atom stereocenters. The van der Waals surface area contributed by atoms with E-state index in [0.29, 0.717) is 6.04 Å². The highest BCUT2D eigenvalue weighted by atomic mass is 32.1. The zero-order valence-electron chi connectivity index (χ0n) is 11.0.